The number of Topliss-reactive ketones (excluding diaryl/α,β-unsaturated/α-hetero) is 1. The number of nitrogens with zero attached hydrogens (tertiary/aromatic N) is 3. The van der Waals surface area contributed by atoms with Crippen molar-refractivity contribution in [1.82, 2.24) is 19.5 Å². The van der Waals surface area contributed by atoms with Crippen molar-refractivity contribution < 1.29 is 72.1 Å². The second kappa shape index (κ2) is 11.0. The highest BCUT2D eigenvalue weighted by atomic mass is 31.3. The van der Waals surface area contributed by atoms with Crippen LogP contribution in [0.1, 0.15) is 6.23 Å². The molecule has 10 atom stereocenters. The monoisotopic (exact) mass is 603 g/mol. The molecule has 0 saturated carbocycles. The van der Waals surface area contributed by atoms with Crippen LogP contribution in [0.3, 0.4) is 0 Å². The van der Waals surface area contributed by atoms with Crippen LogP contribution in [0.25, 0.3) is 11.2 Å². The average molecular weight is 603 g/mol. The molecule has 23 heteroatoms. The van der Waals surface area contributed by atoms with E-state index in [1.54, 1.807) is 0 Å². The van der Waals surface area contributed by atoms with Crippen molar-refractivity contribution in [3.8, 4) is 0 Å². The van der Waals surface area contributed by atoms with Crippen LogP contribution < -0.4 is 11.3 Å². The van der Waals surface area contributed by atoms with Crippen molar-refractivity contribution in [2.24, 2.45) is 0 Å². The van der Waals surface area contributed by atoms with Crippen molar-refractivity contribution in [1.29, 1.82) is 0 Å². The maximum atomic E-state index is 12.3. The molecule has 2 fully saturated rings. The highest BCUT2D eigenvalue weighted by Gasteiger charge is 2.49. The average Bonchev–Trinajstić information content (AvgIpc) is 3.38. The van der Waals surface area contributed by atoms with Gasteiger partial charge in [0.2, 0.25) is 5.95 Å². The van der Waals surface area contributed by atoms with Gasteiger partial charge in [-0.25, -0.2) is 14.1 Å². The molecule has 0 aromatic carbocycles. The van der Waals surface area contributed by atoms with E-state index in [1.807, 2.05) is 0 Å². The second-order valence-electron chi connectivity index (χ2n) is 8.25. The number of aromatic nitrogens is 4. The number of phosphoric acid groups is 2. The summed E-state index contributed by atoms with van der Waals surface area (Å²) in [6.45, 7) is -2.00. The Kier molecular flexibility index (Phi) is 8.39. The fourth-order valence-corrected chi connectivity index (χ4v) is 5.89. The van der Waals surface area contributed by atoms with Gasteiger partial charge in [-0.3, -0.25) is 28.2 Å². The Labute approximate surface area is 215 Å². The highest BCUT2D eigenvalue weighted by Crippen LogP contribution is 2.61. The van der Waals surface area contributed by atoms with E-state index in [1.165, 1.54) is 0 Å². The number of nitrogens with one attached hydrogen (secondary N) is 1. The SMILES string of the molecule is Nc1nc2c(ncn2[C@@H]2O[C@H](COP(=O)(O)OP(=O)(O)O[C@H]3O[C@@H](CO)C(=O)[C@H](O)[C@@H]3O)[C@@H](O)[C@H]2O)c(=O)[nH]1. The zero-order valence-corrected chi connectivity index (χ0v) is 21.0. The number of aliphatic hydroxyl groups is 5. The molecule has 4 heterocycles. The summed E-state index contributed by atoms with van der Waals surface area (Å²) < 4.78 is 48.9. The maximum Gasteiger partial charge on any atom is 0.483 e. The lowest BCUT2D eigenvalue weighted by atomic mass is 10.0. The van der Waals surface area contributed by atoms with Crippen LogP contribution >= 0.6 is 15.6 Å². The number of hydrogen-bond donors (Lipinski definition) is 9. The molecular formula is C16H23N5O16P2. The van der Waals surface area contributed by atoms with Gasteiger partial charge < -0.3 is 50.5 Å². The fourth-order valence-electron chi connectivity index (χ4n) is 3.74. The number of ketones is 1. The number of carbonyl (C=O) groups is 1. The molecule has 39 heavy (non-hydrogen) atoms. The molecule has 218 valence electrons. The van der Waals surface area contributed by atoms with E-state index < -0.39 is 89.3 Å². The number of fused-ring (bicyclic) bond motifs is 1. The molecule has 0 aliphatic carbocycles. The number of H-pyrrole nitrogens is 1. The van der Waals surface area contributed by atoms with Gasteiger partial charge in [-0.05, 0) is 0 Å². The molecule has 2 aliphatic heterocycles. The number of nitrogens with two attached hydrogens (primary N) is 1. The number of rotatable bonds is 9. The summed E-state index contributed by atoms with van der Waals surface area (Å²) in [4.78, 5) is 53.3. The number of anilines is 1. The lowest BCUT2D eigenvalue weighted by Crippen LogP contribution is -2.56. The largest absolute Gasteiger partial charge is 0.483 e. The summed E-state index contributed by atoms with van der Waals surface area (Å²) in [6.07, 6.45) is -13.8. The van der Waals surface area contributed by atoms with Gasteiger partial charge >= 0.3 is 15.6 Å². The molecule has 2 aliphatic rings. The summed E-state index contributed by atoms with van der Waals surface area (Å²) in [5, 5.41) is 49.3. The molecule has 21 nitrogen and oxygen atoms in total. The number of carbonyl (C=O) groups excluding carboxylic acids is 1. The van der Waals surface area contributed by atoms with E-state index in [0.717, 1.165) is 10.9 Å². The van der Waals surface area contributed by atoms with Gasteiger partial charge in [0, 0.05) is 0 Å². The van der Waals surface area contributed by atoms with E-state index >= 15 is 0 Å². The second-order valence-corrected chi connectivity index (χ2v) is 11.3. The van der Waals surface area contributed by atoms with Gasteiger partial charge in [-0.15, -0.1) is 0 Å². The van der Waals surface area contributed by atoms with Crippen molar-refractivity contribution in [3.63, 3.8) is 0 Å². The van der Waals surface area contributed by atoms with E-state index in [0.29, 0.717) is 0 Å². The molecule has 0 bridgehead atoms. The minimum atomic E-state index is -5.63. The summed E-state index contributed by atoms with van der Waals surface area (Å²) in [5.74, 6) is -1.43. The molecule has 0 radical (unpaired) electrons. The van der Waals surface area contributed by atoms with Gasteiger partial charge in [-0.1, -0.05) is 0 Å². The van der Waals surface area contributed by atoms with Crippen LogP contribution in [0.4, 0.5) is 5.95 Å². The predicted molar refractivity (Wildman–Crippen MR) is 119 cm³/mol. The lowest BCUT2D eigenvalue weighted by Gasteiger charge is -2.35. The van der Waals surface area contributed by atoms with Crippen LogP contribution in [0.5, 0.6) is 0 Å². The molecule has 2 saturated heterocycles. The van der Waals surface area contributed by atoms with Crippen molar-refractivity contribution in [2.75, 3.05) is 18.9 Å². The summed E-state index contributed by atoms with van der Waals surface area (Å²) in [7, 11) is -11.1. The Morgan fingerprint density at radius 1 is 1.08 bits per heavy atom. The van der Waals surface area contributed by atoms with Crippen LogP contribution in [0.15, 0.2) is 11.1 Å². The number of aliphatic hydroxyl groups excluding tert-OH is 5. The number of hydrogen-bond acceptors (Lipinski definition) is 17. The molecule has 2 aromatic heterocycles. The Hall–Kier alpha value is -2.20. The number of aromatic amines is 1. The number of nitrogen functional groups attached to an aromatic ring is 1. The van der Waals surface area contributed by atoms with Gasteiger partial charge in [-0.2, -0.15) is 9.29 Å². The minimum Gasteiger partial charge on any atom is -0.393 e. The van der Waals surface area contributed by atoms with Crippen LogP contribution in [-0.4, -0.2) is 117 Å². The van der Waals surface area contributed by atoms with Crippen LogP contribution in [0, 0.1) is 0 Å². The zero-order chi connectivity index (χ0) is 28.9. The third-order valence-corrected chi connectivity index (χ3v) is 8.18. The van der Waals surface area contributed by atoms with Crippen molar-refractivity contribution in [2.45, 2.75) is 49.1 Å². The Balaban J connectivity index is 1.40. The van der Waals surface area contributed by atoms with Gasteiger partial charge in [0.15, 0.2) is 29.5 Å². The third kappa shape index (κ3) is 6.11. The van der Waals surface area contributed by atoms with Gasteiger partial charge in [0.25, 0.3) is 5.56 Å². The first-order chi connectivity index (χ1) is 18.1. The number of ether oxygens (including phenoxy) is 2. The molecule has 2 unspecified atom stereocenters. The quantitative estimate of drug-likeness (QED) is 0.122. The van der Waals surface area contributed by atoms with Crippen molar-refractivity contribution >= 4 is 38.5 Å². The van der Waals surface area contributed by atoms with Gasteiger partial charge in [0.05, 0.1) is 19.5 Å². The number of phosphoric ester groups is 2. The Bertz CT molecular complexity index is 1380. The van der Waals surface area contributed by atoms with Crippen LogP contribution in [0.2, 0.25) is 0 Å². The normalized spacial score (nSPS) is 34.7. The summed E-state index contributed by atoms with van der Waals surface area (Å²) >= 11 is 0. The molecule has 2 aromatic rings. The topological polar surface area (TPSA) is 329 Å². The first-order valence-electron chi connectivity index (χ1n) is 10.7. The summed E-state index contributed by atoms with van der Waals surface area (Å²) in [6, 6.07) is 0. The first-order valence-corrected chi connectivity index (χ1v) is 13.7. The number of imidazole rings is 1. The molecule has 0 spiro atoms. The standard InChI is InChI=1S/C16H23N5O16P2/c17-16-19-12-6(13(28)20-16)18-3-21(12)14-10(26)8(24)5(34-14)2-33-38(29,30)37-39(31,32)36-15-11(27)9(25)7(23)4(1-22)35-15/h3-5,8-11,14-15,22,24-27H,1-2H2,(H,29,30)(H,31,32)(H3,17,19,20,28)/t4-,5+,8+,9-,10+,11-,14+,15+/m0/s1. The smallest absolute Gasteiger partial charge is 0.393 e. The Morgan fingerprint density at radius 2 is 1.77 bits per heavy atom. The predicted octanol–water partition coefficient (Wildman–Crippen LogP) is -4.42. The molecule has 0 amide bonds. The highest BCUT2D eigenvalue weighted by molar-refractivity contribution is 7.61. The Morgan fingerprint density at radius 3 is 2.44 bits per heavy atom. The molecule has 4 rings (SSSR count). The lowest BCUT2D eigenvalue weighted by molar-refractivity contribution is -0.233. The van der Waals surface area contributed by atoms with E-state index in [9.17, 15) is 48.9 Å². The zero-order valence-electron chi connectivity index (χ0n) is 19.2. The van der Waals surface area contributed by atoms with Gasteiger partial charge in [0.1, 0.15) is 36.6 Å². The van der Waals surface area contributed by atoms with Crippen LogP contribution in [-0.2, 0) is 36.8 Å². The first kappa shape index (κ1) is 29.8. The van der Waals surface area contributed by atoms with Crippen molar-refractivity contribution in [3.05, 3.63) is 16.7 Å². The van der Waals surface area contributed by atoms with E-state index in [4.69, 9.17) is 20.3 Å². The molecule has 10 N–H and O–H groups in total. The summed E-state index contributed by atoms with van der Waals surface area (Å²) in [5.41, 5.74) is 4.53. The van der Waals surface area contributed by atoms with E-state index in [2.05, 4.69) is 28.3 Å². The fraction of sp³-hybridized carbons (Fsp3) is 0.625. The molecular weight excluding hydrogens is 580 g/mol. The maximum absolute atomic E-state index is 12.3. The third-order valence-electron chi connectivity index (χ3n) is 5.58. The minimum absolute atomic E-state index is 0.119. The van der Waals surface area contributed by atoms with E-state index in [-0.39, 0.29) is 17.1 Å².